The molecule has 2 aromatic carbocycles. The van der Waals surface area contributed by atoms with Crippen molar-refractivity contribution in [1.29, 1.82) is 0 Å². The van der Waals surface area contributed by atoms with Gasteiger partial charge in [0, 0.05) is 19.6 Å². The predicted molar refractivity (Wildman–Crippen MR) is 148 cm³/mol. The summed E-state index contributed by atoms with van der Waals surface area (Å²) < 4.78 is 29.3. The monoisotopic (exact) mass is 548 g/mol. The SMILES string of the molecule is CCN(CC)CCN(C(=O)C1CCCN1S(=O)(=O)c1ccc(C)cc1)c1nc2c(C)ccc(Cl)c2s1. The number of sulfonamides is 1. The van der Waals surface area contributed by atoms with E-state index in [0.717, 1.165) is 34.4 Å². The first-order chi connectivity index (χ1) is 17.2. The van der Waals surface area contributed by atoms with E-state index < -0.39 is 16.1 Å². The van der Waals surface area contributed by atoms with Crippen LogP contribution in [0.15, 0.2) is 41.3 Å². The number of nitrogens with zero attached hydrogens (tertiary/aromatic N) is 4. The summed E-state index contributed by atoms with van der Waals surface area (Å²) in [5.74, 6) is -0.233. The Labute approximate surface area is 222 Å². The second kappa shape index (κ2) is 11.1. The van der Waals surface area contributed by atoms with Gasteiger partial charge >= 0.3 is 0 Å². The van der Waals surface area contributed by atoms with Crippen molar-refractivity contribution in [2.75, 3.05) is 37.6 Å². The maximum atomic E-state index is 14.1. The van der Waals surface area contributed by atoms with E-state index in [9.17, 15) is 13.2 Å². The first-order valence-corrected chi connectivity index (χ1v) is 15.0. The van der Waals surface area contributed by atoms with Crippen LogP contribution < -0.4 is 4.90 Å². The van der Waals surface area contributed by atoms with Gasteiger partial charge in [-0.15, -0.1) is 0 Å². The fraction of sp³-hybridized carbons (Fsp3) is 0.462. The highest BCUT2D eigenvalue weighted by Gasteiger charge is 2.42. The van der Waals surface area contributed by atoms with Crippen molar-refractivity contribution in [3.63, 3.8) is 0 Å². The van der Waals surface area contributed by atoms with Crippen LogP contribution >= 0.6 is 22.9 Å². The van der Waals surface area contributed by atoms with Gasteiger partial charge in [-0.25, -0.2) is 13.4 Å². The van der Waals surface area contributed by atoms with Gasteiger partial charge < -0.3 is 4.90 Å². The van der Waals surface area contributed by atoms with Crippen LogP contribution in [-0.2, 0) is 14.8 Å². The summed E-state index contributed by atoms with van der Waals surface area (Å²) in [5.41, 5.74) is 2.74. The van der Waals surface area contributed by atoms with Crippen LogP contribution in [-0.4, -0.2) is 67.3 Å². The summed E-state index contributed by atoms with van der Waals surface area (Å²) >= 11 is 7.84. The molecule has 36 heavy (non-hydrogen) atoms. The van der Waals surface area contributed by atoms with E-state index >= 15 is 0 Å². The molecule has 1 atom stereocenters. The Morgan fingerprint density at radius 2 is 1.81 bits per heavy atom. The second-order valence-electron chi connectivity index (χ2n) is 9.14. The van der Waals surface area contributed by atoms with Crippen molar-refractivity contribution in [3.8, 4) is 0 Å². The topological polar surface area (TPSA) is 73.8 Å². The number of hydrogen-bond donors (Lipinski definition) is 0. The average molecular weight is 549 g/mol. The molecular weight excluding hydrogens is 516 g/mol. The zero-order chi connectivity index (χ0) is 26.0. The van der Waals surface area contributed by atoms with Crippen LogP contribution in [0.5, 0.6) is 0 Å². The number of rotatable bonds is 9. The number of carbonyl (C=O) groups excluding carboxylic acids is 1. The number of halogens is 1. The van der Waals surface area contributed by atoms with Crippen molar-refractivity contribution in [1.82, 2.24) is 14.2 Å². The molecule has 0 radical (unpaired) electrons. The molecule has 7 nitrogen and oxygen atoms in total. The third-order valence-corrected chi connectivity index (χ3v) is 10.3. The van der Waals surface area contributed by atoms with Crippen molar-refractivity contribution in [2.24, 2.45) is 0 Å². The second-order valence-corrected chi connectivity index (χ2v) is 12.4. The zero-order valence-electron chi connectivity index (χ0n) is 21.2. The highest BCUT2D eigenvalue weighted by atomic mass is 35.5. The molecule has 1 aliphatic rings. The molecule has 1 unspecified atom stereocenters. The lowest BCUT2D eigenvalue weighted by atomic mass is 10.2. The van der Waals surface area contributed by atoms with Gasteiger partial charge in [-0.1, -0.05) is 60.5 Å². The van der Waals surface area contributed by atoms with E-state index in [1.165, 1.54) is 15.6 Å². The van der Waals surface area contributed by atoms with E-state index in [0.29, 0.717) is 42.6 Å². The summed E-state index contributed by atoms with van der Waals surface area (Å²) in [6, 6.07) is 9.78. The van der Waals surface area contributed by atoms with Crippen molar-refractivity contribution in [3.05, 3.63) is 52.5 Å². The molecule has 1 saturated heterocycles. The first kappa shape index (κ1) is 27.0. The third kappa shape index (κ3) is 5.31. The van der Waals surface area contributed by atoms with E-state index in [1.807, 2.05) is 26.0 Å². The minimum atomic E-state index is -3.81. The number of thiazole rings is 1. The summed E-state index contributed by atoms with van der Waals surface area (Å²) in [6.07, 6.45) is 1.12. The van der Waals surface area contributed by atoms with Crippen LogP contribution in [0.2, 0.25) is 5.02 Å². The maximum absolute atomic E-state index is 14.1. The van der Waals surface area contributed by atoms with Gasteiger partial charge in [0.05, 0.1) is 20.1 Å². The molecular formula is C26H33ClN4O3S2. The van der Waals surface area contributed by atoms with Gasteiger partial charge in [-0.05, 0) is 63.5 Å². The highest BCUT2D eigenvalue weighted by molar-refractivity contribution is 7.89. The largest absolute Gasteiger partial charge is 0.302 e. The molecule has 1 fully saturated rings. The number of anilines is 1. The zero-order valence-corrected chi connectivity index (χ0v) is 23.6. The van der Waals surface area contributed by atoms with Gasteiger partial charge in [0.25, 0.3) is 0 Å². The minimum Gasteiger partial charge on any atom is -0.302 e. The molecule has 10 heteroatoms. The van der Waals surface area contributed by atoms with Crippen LogP contribution in [0, 0.1) is 13.8 Å². The Morgan fingerprint density at radius 3 is 2.44 bits per heavy atom. The quantitative estimate of drug-likeness (QED) is 0.372. The van der Waals surface area contributed by atoms with Gasteiger partial charge in [-0.2, -0.15) is 4.31 Å². The highest BCUT2D eigenvalue weighted by Crippen LogP contribution is 2.37. The summed E-state index contributed by atoms with van der Waals surface area (Å²) in [4.78, 5) is 23.0. The number of aromatic nitrogens is 1. The fourth-order valence-electron chi connectivity index (χ4n) is 4.59. The van der Waals surface area contributed by atoms with Crippen molar-refractivity contribution < 1.29 is 13.2 Å². The lowest BCUT2D eigenvalue weighted by molar-refractivity contribution is -0.121. The molecule has 0 aliphatic carbocycles. The normalized spacial score (nSPS) is 16.8. The molecule has 1 amide bonds. The summed E-state index contributed by atoms with van der Waals surface area (Å²) in [7, 11) is -3.81. The Bertz CT molecular complexity index is 1300. The number of aryl methyl sites for hydroxylation is 2. The Balaban J connectivity index is 1.70. The van der Waals surface area contributed by atoms with Gasteiger partial charge in [0.1, 0.15) is 6.04 Å². The number of likely N-dealkylation sites (N-methyl/N-ethyl adjacent to an activating group) is 1. The summed E-state index contributed by atoms with van der Waals surface area (Å²) in [6.45, 7) is 11.2. The molecule has 1 aromatic heterocycles. The third-order valence-electron chi connectivity index (χ3n) is 6.83. The maximum Gasteiger partial charge on any atom is 0.247 e. The molecule has 0 saturated carbocycles. The number of benzene rings is 2. The number of amides is 1. The molecule has 0 bridgehead atoms. The molecule has 0 spiro atoms. The molecule has 1 aliphatic heterocycles. The van der Waals surface area contributed by atoms with Crippen molar-refractivity contribution >= 4 is 54.2 Å². The van der Waals surface area contributed by atoms with Crippen LogP contribution in [0.25, 0.3) is 10.2 Å². The fourth-order valence-corrected chi connectivity index (χ4v) is 7.59. The van der Waals surface area contributed by atoms with Gasteiger partial charge in [0.15, 0.2) is 5.13 Å². The van der Waals surface area contributed by atoms with E-state index in [-0.39, 0.29) is 10.8 Å². The van der Waals surface area contributed by atoms with Gasteiger partial charge in [0.2, 0.25) is 15.9 Å². The predicted octanol–water partition coefficient (Wildman–Crippen LogP) is 5.09. The Kier molecular flexibility index (Phi) is 8.36. The summed E-state index contributed by atoms with van der Waals surface area (Å²) in [5, 5.41) is 1.15. The number of carbonyl (C=O) groups is 1. The molecule has 3 aromatic rings. The Hall–Kier alpha value is -2.04. The molecule has 194 valence electrons. The molecule has 2 heterocycles. The molecule has 4 rings (SSSR count). The van der Waals surface area contributed by atoms with Crippen LogP contribution in [0.4, 0.5) is 5.13 Å². The minimum absolute atomic E-state index is 0.213. The first-order valence-electron chi connectivity index (χ1n) is 12.3. The van der Waals surface area contributed by atoms with Crippen LogP contribution in [0.3, 0.4) is 0 Å². The van der Waals surface area contributed by atoms with Gasteiger partial charge in [-0.3, -0.25) is 9.69 Å². The lowest BCUT2D eigenvalue weighted by Crippen LogP contribution is -2.49. The standard InChI is InChI=1S/C26H33ClN4O3S2/c1-5-29(6-2)16-17-30(26-28-23-19(4)11-14-21(27)24(23)35-26)25(32)22-8-7-15-31(22)36(33,34)20-12-9-18(3)10-13-20/h9-14,22H,5-8,15-17H2,1-4H3. The number of hydrogen-bond acceptors (Lipinski definition) is 6. The smallest absolute Gasteiger partial charge is 0.247 e. The van der Waals surface area contributed by atoms with E-state index in [1.54, 1.807) is 29.2 Å². The van der Waals surface area contributed by atoms with Crippen LogP contribution in [0.1, 0.15) is 37.8 Å². The van der Waals surface area contributed by atoms with E-state index in [2.05, 4.69) is 18.7 Å². The number of fused-ring (bicyclic) bond motifs is 1. The average Bonchev–Trinajstić information content (AvgIpc) is 3.53. The van der Waals surface area contributed by atoms with E-state index in [4.69, 9.17) is 16.6 Å². The van der Waals surface area contributed by atoms with Crippen molar-refractivity contribution in [2.45, 2.75) is 51.5 Å². The molecule has 0 N–H and O–H groups in total. The Morgan fingerprint density at radius 1 is 1.11 bits per heavy atom. The lowest BCUT2D eigenvalue weighted by Gasteiger charge is -2.30.